The summed E-state index contributed by atoms with van der Waals surface area (Å²) in [6, 6.07) is 85.7. The smallest absolute Gasteiger partial charge is 0.0704 e. The molecule has 0 saturated heterocycles. The number of aryl methyl sites for hydroxylation is 6. The van der Waals surface area contributed by atoms with Gasteiger partial charge in [-0.1, -0.05) is 0 Å². The van der Waals surface area contributed by atoms with Crippen LogP contribution < -0.4 is 0 Å². The zero-order valence-corrected chi connectivity index (χ0v) is 68.1. The maximum Gasteiger partial charge on any atom is 0.0704 e. The average Bonchev–Trinajstić information content (AvgIpc) is 1.62. The third-order valence-corrected chi connectivity index (χ3v) is 42.5. The number of fused-ring (bicyclic) bond motifs is 3. The lowest BCUT2D eigenvalue weighted by Gasteiger charge is -2.26. The van der Waals surface area contributed by atoms with Gasteiger partial charge in [-0.2, -0.15) is 0 Å². The van der Waals surface area contributed by atoms with Gasteiger partial charge in [-0.3, -0.25) is 0 Å². The summed E-state index contributed by atoms with van der Waals surface area (Å²) in [5.74, 6) is 0. The average molecular weight is 1620 g/mol. The van der Waals surface area contributed by atoms with E-state index in [9.17, 15) is 0 Å². The second-order valence-electron chi connectivity index (χ2n) is 25.3. The quantitative estimate of drug-likeness (QED) is 0.142. The monoisotopic (exact) mass is 1610 g/mol. The third kappa shape index (κ3) is 11.9. The molecule has 490 valence electrons. The maximum atomic E-state index is 2.49. The molecule has 0 atom stereocenters. The summed E-state index contributed by atoms with van der Waals surface area (Å²) in [6.07, 6.45) is 6.22. The summed E-state index contributed by atoms with van der Waals surface area (Å²) in [7, 11) is 0. The molecule has 18 heteroatoms. The lowest BCUT2D eigenvalue weighted by molar-refractivity contribution is 0.744. The molecule has 21 heterocycles. The molecule has 3 aliphatic rings. The van der Waals surface area contributed by atoms with Crippen LogP contribution in [0.3, 0.4) is 0 Å². The Morgan fingerprint density at radius 2 is 0.250 bits per heavy atom. The highest BCUT2D eigenvalue weighted by molar-refractivity contribution is 7.31. The van der Waals surface area contributed by atoms with E-state index >= 15 is 0 Å². The van der Waals surface area contributed by atoms with Crippen molar-refractivity contribution < 1.29 is 0 Å². The first-order chi connectivity index (χ1) is 49.1. The Morgan fingerprint density at radius 3 is 0.400 bits per heavy atom. The topological polar surface area (TPSA) is 0 Å². The van der Waals surface area contributed by atoms with Crippen molar-refractivity contribution in [2.75, 3.05) is 0 Å². The molecule has 0 amide bonds. The van der Waals surface area contributed by atoms with Crippen LogP contribution in [0.15, 0.2) is 218 Å². The summed E-state index contributed by atoms with van der Waals surface area (Å²) in [5, 5.41) is 0. The highest BCUT2D eigenvalue weighted by Crippen LogP contribution is 2.56. The van der Waals surface area contributed by atoms with Gasteiger partial charge >= 0.3 is 0 Å². The Bertz CT molecular complexity index is 5040. The zero-order valence-electron chi connectivity index (χ0n) is 53.4. The normalized spacial score (nSPS) is 16.1. The summed E-state index contributed by atoms with van der Waals surface area (Å²) < 4.78 is 0. The van der Waals surface area contributed by atoms with Crippen molar-refractivity contribution in [3.8, 4) is 117 Å². The van der Waals surface area contributed by atoms with Crippen LogP contribution in [0.4, 0.5) is 0 Å². The van der Waals surface area contributed by atoms with Crippen molar-refractivity contribution in [2.24, 2.45) is 0 Å². The van der Waals surface area contributed by atoms with Gasteiger partial charge in [-0.15, -0.1) is 204 Å². The van der Waals surface area contributed by atoms with Crippen LogP contribution in [-0.2, 0) is 49.4 Å². The van der Waals surface area contributed by atoms with E-state index in [4.69, 9.17) is 0 Å². The van der Waals surface area contributed by atoms with Crippen LogP contribution in [0.25, 0.3) is 117 Å². The van der Waals surface area contributed by atoms with Crippen LogP contribution in [0.2, 0.25) is 0 Å². The van der Waals surface area contributed by atoms with E-state index < -0.39 is 0 Å². The molecule has 0 fully saturated rings. The molecule has 0 spiro atoms. The fraction of sp³-hybridized carbons (Fsp3) is 0.122. The first kappa shape index (κ1) is 64.2. The fourth-order valence-corrected chi connectivity index (χ4v) is 34.0. The molecule has 0 unspecified atom stereocenters. The molecule has 18 aromatic heterocycles. The Hall–Kier alpha value is -5.40. The van der Waals surface area contributed by atoms with Crippen molar-refractivity contribution >= 4 is 204 Å². The minimum atomic E-state index is -0.357. The Morgan fingerprint density at radius 1 is 0.140 bits per heavy atom. The van der Waals surface area contributed by atoms with E-state index in [0.29, 0.717) is 0 Å². The minimum absolute atomic E-state index is 0.357. The van der Waals surface area contributed by atoms with E-state index in [-0.39, 0.29) is 10.8 Å². The second kappa shape index (κ2) is 26.3. The number of hydrogen-bond acceptors (Lipinski definition) is 18. The molecule has 18 aromatic rings. The SMILES string of the molecule is CC12c3ccc(s3)-c3ccc(s3)-c3ccc(s3)CCc3ccc(s3)-c3ccc(s3)-c3ccc(s3)C(C)(c3ccc(s3)-c3ccc(s3)-c3ccc(s3)CCc3ccc(s3)-c3ccc(s3)-c3ccc1s3)c1ccc(s1)-c1ccc(s1)-c1ccc(s1)CCc1ccc(s1)-c1ccc(s1)-c1ccc2s1. The first-order valence-electron chi connectivity index (χ1n) is 32.9. The molecular weight excluding hydrogens is 1560 g/mol. The van der Waals surface area contributed by atoms with Crippen LogP contribution >= 0.6 is 204 Å². The van der Waals surface area contributed by atoms with Gasteiger partial charge in [0.1, 0.15) is 0 Å². The third-order valence-electron chi connectivity index (χ3n) is 19.0. The molecule has 100 heavy (non-hydrogen) atoms. The molecule has 21 rings (SSSR count). The van der Waals surface area contributed by atoms with E-state index in [1.165, 1.54) is 176 Å². The number of hydrogen-bond donors (Lipinski definition) is 0. The van der Waals surface area contributed by atoms with Crippen LogP contribution in [0.1, 0.15) is 72.4 Å². The van der Waals surface area contributed by atoms with Gasteiger partial charge in [0, 0.05) is 176 Å². The van der Waals surface area contributed by atoms with E-state index in [0.717, 1.165) is 38.5 Å². The fourth-order valence-electron chi connectivity index (χ4n) is 13.4. The molecule has 0 N–H and O–H groups in total. The minimum Gasteiger partial charge on any atom is -0.139 e. The van der Waals surface area contributed by atoms with Crippen molar-refractivity contribution in [1.82, 2.24) is 0 Å². The molecule has 38 bridgehead atoms. The largest absolute Gasteiger partial charge is 0.139 e. The Balaban J connectivity index is 0.698. The van der Waals surface area contributed by atoms with Gasteiger partial charge in [0.2, 0.25) is 0 Å². The van der Waals surface area contributed by atoms with E-state index in [2.05, 4.69) is 232 Å². The summed E-state index contributed by atoms with van der Waals surface area (Å²) in [5.41, 5.74) is -0.714. The molecular formula is C82H54S18. The standard InChI is InChI=1S/C82H54S18/c1-81-75-39-33-69(95-75)63-27-21-57(89-63)51-15-9-45(83-51)3-6-48-12-18-54(86-48)60-24-30-66(92-60)72-36-42-78(98-72)82(2,79-43-37-73(99-79)67-31-25-61(93-67)55-19-13-49(87-55)7-4-46-10-16-52(84-46)58-22-28-64(90-58)70-34-40-76(81)96-70)80-44-38-74(100-80)68-32-26-62(94-68)56-20-14-50(88-56)8-5-47-11-17-53(85-47)59-23-29-65(91-59)71-35-41-77(81)97-71/h9-44H,3-8H2,1-2H3. The van der Waals surface area contributed by atoms with Gasteiger partial charge in [0.05, 0.1) is 10.8 Å². The summed E-state index contributed by atoms with van der Waals surface area (Å²) in [6.45, 7) is 4.99. The Kier molecular flexibility index (Phi) is 16.9. The lowest BCUT2D eigenvalue weighted by atomic mass is 9.85. The van der Waals surface area contributed by atoms with Crippen LogP contribution in [0, 0.1) is 0 Å². The van der Waals surface area contributed by atoms with Crippen LogP contribution in [0.5, 0.6) is 0 Å². The molecule has 0 radical (unpaired) electrons. The van der Waals surface area contributed by atoms with Gasteiger partial charge in [-0.25, -0.2) is 0 Å². The highest BCUT2D eigenvalue weighted by atomic mass is 32.2. The van der Waals surface area contributed by atoms with Crippen molar-refractivity contribution in [3.63, 3.8) is 0 Å². The molecule has 0 aliphatic carbocycles. The van der Waals surface area contributed by atoms with Gasteiger partial charge in [0.25, 0.3) is 0 Å². The molecule has 3 aliphatic heterocycles. The first-order valence-corrected chi connectivity index (χ1v) is 47.6. The number of thiophene rings is 18. The van der Waals surface area contributed by atoms with E-state index in [1.54, 1.807) is 0 Å². The highest BCUT2D eigenvalue weighted by Gasteiger charge is 2.39. The van der Waals surface area contributed by atoms with E-state index in [1.807, 2.05) is 204 Å². The van der Waals surface area contributed by atoms with Crippen molar-refractivity contribution in [2.45, 2.75) is 63.2 Å². The Labute approximate surface area is 653 Å². The summed E-state index contributed by atoms with van der Waals surface area (Å²) in [4.78, 5) is 49.1. The van der Waals surface area contributed by atoms with Gasteiger partial charge in [-0.05, 0) is 271 Å². The van der Waals surface area contributed by atoms with Gasteiger partial charge in [0.15, 0.2) is 0 Å². The van der Waals surface area contributed by atoms with Crippen molar-refractivity contribution in [1.29, 1.82) is 0 Å². The summed E-state index contributed by atoms with van der Waals surface area (Å²) >= 11 is 35.2. The van der Waals surface area contributed by atoms with Crippen molar-refractivity contribution in [3.05, 3.63) is 277 Å². The van der Waals surface area contributed by atoms with Gasteiger partial charge < -0.3 is 0 Å². The molecule has 0 aromatic carbocycles. The molecule has 0 nitrogen and oxygen atoms in total. The number of rotatable bonds is 0. The van der Waals surface area contributed by atoms with Crippen LogP contribution in [-0.4, -0.2) is 0 Å². The second-order valence-corrected chi connectivity index (χ2v) is 45.3. The lowest BCUT2D eigenvalue weighted by Crippen LogP contribution is -2.21. The molecule has 0 saturated carbocycles. The zero-order chi connectivity index (χ0) is 66.2. The predicted molar refractivity (Wildman–Crippen MR) is 459 cm³/mol. The predicted octanol–water partition coefficient (Wildman–Crippen LogP) is 31.5. The maximum absolute atomic E-state index is 2.49.